The molecule has 9 heteroatoms. The smallest absolute Gasteiger partial charge is 0.263 e. The summed E-state index contributed by atoms with van der Waals surface area (Å²) in [4.78, 5) is 16.6. The molecule has 8 nitrogen and oxygen atoms in total. The third kappa shape index (κ3) is 4.88. The molecule has 4 rings (SSSR count). The molecule has 3 aromatic rings. The number of hydrogen-bond donors (Lipinski definition) is 2. The second-order valence-electron chi connectivity index (χ2n) is 7.56. The first-order valence-electron chi connectivity index (χ1n) is 10.5. The summed E-state index contributed by atoms with van der Waals surface area (Å²) in [7, 11) is -3.56. The number of para-hydroxylation sites is 1. The molecule has 1 aliphatic rings. The molecule has 2 N–H and O–H groups in total. The highest BCUT2D eigenvalue weighted by molar-refractivity contribution is 7.90. The van der Waals surface area contributed by atoms with Crippen molar-refractivity contribution in [2.75, 3.05) is 13.1 Å². The molecule has 0 bridgehead atoms. The molecule has 2 heterocycles. The minimum Gasteiger partial charge on any atom is -0.356 e. The Balaban J connectivity index is 1.22. The van der Waals surface area contributed by atoms with Crippen LogP contribution in [0, 0.1) is 6.92 Å². The molecule has 0 saturated heterocycles. The van der Waals surface area contributed by atoms with Crippen LogP contribution in [0.15, 0.2) is 70.7 Å². The number of nitrogens with one attached hydrogen (secondary N) is 2. The Kier molecular flexibility index (Phi) is 6.36. The zero-order valence-corrected chi connectivity index (χ0v) is 18.6. The van der Waals surface area contributed by atoms with Crippen molar-refractivity contribution in [2.45, 2.75) is 31.1 Å². The maximum atomic E-state index is 12.1. The fraction of sp³-hybridized carbons (Fsp3) is 0.261. The van der Waals surface area contributed by atoms with Crippen molar-refractivity contribution in [3.8, 4) is 5.69 Å². The molecular formula is C23H25N5O3S. The van der Waals surface area contributed by atoms with E-state index in [0.717, 1.165) is 29.8 Å². The molecule has 32 heavy (non-hydrogen) atoms. The van der Waals surface area contributed by atoms with Crippen molar-refractivity contribution in [3.63, 3.8) is 0 Å². The molecule has 0 fully saturated rings. The molecule has 0 aliphatic carbocycles. The number of aliphatic imine (C=N–C) groups is 1. The summed E-state index contributed by atoms with van der Waals surface area (Å²) in [6.07, 6.45) is 3.84. The van der Waals surface area contributed by atoms with E-state index in [2.05, 4.69) is 20.1 Å². The molecule has 0 unspecified atom stereocenters. The molecule has 1 aromatic heterocycles. The number of nitrogens with zero attached hydrogens (tertiary/aromatic N) is 3. The first-order valence-corrected chi connectivity index (χ1v) is 12.0. The quantitative estimate of drug-likeness (QED) is 0.513. The minimum atomic E-state index is -3.56. The highest BCUT2D eigenvalue weighted by atomic mass is 32.2. The summed E-state index contributed by atoms with van der Waals surface area (Å²) >= 11 is 0. The van der Waals surface area contributed by atoms with Gasteiger partial charge in [-0.1, -0.05) is 30.3 Å². The number of carbonyl (C=O) groups excluding carboxylic acids is 1. The Morgan fingerprint density at radius 2 is 1.88 bits per heavy atom. The van der Waals surface area contributed by atoms with Gasteiger partial charge in [-0.15, -0.1) is 0 Å². The van der Waals surface area contributed by atoms with Crippen molar-refractivity contribution >= 4 is 21.8 Å². The van der Waals surface area contributed by atoms with Crippen LogP contribution in [-0.2, 0) is 21.2 Å². The van der Waals surface area contributed by atoms with Gasteiger partial charge in [0.05, 0.1) is 22.8 Å². The predicted molar refractivity (Wildman–Crippen MR) is 122 cm³/mol. The summed E-state index contributed by atoms with van der Waals surface area (Å²) < 4.78 is 28.5. The largest absolute Gasteiger partial charge is 0.356 e. The molecule has 1 aliphatic heterocycles. The van der Waals surface area contributed by atoms with Gasteiger partial charge in [0, 0.05) is 24.7 Å². The number of fused-ring (bicyclic) bond motifs is 1. The monoisotopic (exact) mass is 451 g/mol. The fourth-order valence-electron chi connectivity index (χ4n) is 3.57. The Morgan fingerprint density at radius 3 is 2.69 bits per heavy atom. The minimum absolute atomic E-state index is 0.111. The lowest BCUT2D eigenvalue weighted by Crippen LogP contribution is -2.26. The summed E-state index contributed by atoms with van der Waals surface area (Å²) in [5.41, 5.74) is 3.69. The Labute approximate surface area is 187 Å². The first kappa shape index (κ1) is 21.8. The molecular weight excluding hydrogens is 426 g/mol. The highest BCUT2D eigenvalue weighted by Crippen LogP contribution is 2.22. The number of hydrogen-bond acceptors (Lipinski definition) is 5. The van der Waals surface area contributed by atoms with Gasteiger partial charge < -0.3 is 5.32 Å². The van der Waals surface area contributed by atoms with Gasteiger partial charge in [0.2, 0.25) is 5.91 Å². The topological polar surface area (TPSA) is 105 Å². The number of aromatic nitrogens is 2. The predicted octanol–water partition coefficient (Wildman–Crippen LogP) is 2.36. The van der Waals surface area contributed by atoms with E-state index in [-0.39, 0.29) is 23.8 Å². The number of amides is 1. The van der Waals surface area contributed by atoms with E-state index < -0.39 is 10.0 Å². The number of sulfonamides is 1. The summed E-state index contributed by atoms with van der Waals surface area (Å²) in [5, 5.41) is 7.46. The lowest BCUT2D eigenvalue weighted by atomic mass is 10.1. The molecule has 2 aromatic carbocycles. The van der Waals surface area contributed by atoms with E-state index in [1.807, 2.05) is 48.1 Å². The lowest BCUT2D eigenvalue weighted by molar-refractivity contribution is -0.120. The van der Waals surface area contributed by atoms with Crippen LogP contribution in [0.25, 0.3) is 5.69 Å². The average molecular weight is 452 g/mol. The summed E-state index contributed by atoms with van der Waals surface area (Å²) in [5.74, 6) is 0.180. The molecule has 0 saturated carbocycles. The van der Waals surface area contributed by atoms with E-state index in [0.29, 0.717) is 17.9 Å². The van der Waals surface area contributed by atoms with Gasteiger partial charge >= 0.3 is 0 Å². The third-order valence-corrected chi connectivity index (χ3v) is 6.63. The van der Waals surface area contributed by atoms with Crippen LogP contribution in [-0.4, -0.2) is 43.0 Å². The van der Waals surface area contributed by atoms with Crippen LogP contribution in [0.3, 0.4) is 0 Å². The average Bonchev–Trinajstić information content (AvgIpc) is 3.29. The molecule has 0 atom stereocenters. The van der Waals surface area contributed by atoms with Gasteiger partial charge in [-0.3, -0.25) is 14.5 Å². The van der Waals surface area contributed by atoms with Gasteiger partial charge in [-0.2, -0.15) is 5.10 Å². The van der Waals surface area contributed by atoms with E-state index in [4.69, 9.17) is 0 Å². The number of aryl methyl sites for hydroxylation is 2. The number of carbonyl (C=O) groups is 1. The summed E-state index contributed by atoms with van der Waals surface area (Å²) in [6.45, 7) is 2.75. The molecule has 0 spiro atoms. The highest BCUT2D eigenvalue weighted by Gasteiger charge is 2.29. The maximum Gasteiger partial charge on any atom is 0.263 e. The third-order valence-electron chi connectivity index (χ3n) is 5.24. The fourth-order valence-corrected chi connectivity index (χ4v) is 4.82. The first-order chi connectivity index (χ1) is 15.4. The Morgan fingerprint density at radius 1 is 1.12 bits per heavy atom. The van der Waals surface area contributed by atoms with Crippen LogP contribution in [0.2, 0.25) is 0 Å². The Hall–Kier alpha value is -3.46. The van der Waals surface area contributed by atoms with Gasteiger partial charge in [0.25, 0.3) is 10.0 Å². The van der Waals surface area contributed by atoms with Gasteiger partial charge in [-0.25, -0.2) is 13.1 Å². The van der Waals surface area contributed by atoms with Crippen LogP contribution in [0.1, 0.15) is 29.7 Å². The van der Waals surface area contributed by atoms with Crippen LogP contribution in [0.5, 0.6) is 0 Å². The number of benzene rings is 2. The van der Waals surface area contributed by atoms with Gasteiger partial charge in [0.15, 0.2) is 0 Å². The van der Waals surface area contributed by atoms with Gasteiger partial charge in [0.1, 0.15) is 5.84 Å². The van der Waals surface area contributed by atoms with Crippen molar-refractivity contribution in [1.82, 2.24) is 19.8 Å². The number of rotatable bonds is 8. The van der Waals surface area contributed by atoms with E-state index in [1.54, 1.807) is 18.2 Å². The molecule has 0 radical (unpaired) electrons. The normalized spacial score (nSPS) is 15.3. The zero-order valence-electron chi connectivity index (χ0n) is 17.8. The van der Waals surface area contributed by atoms with Crippen molar-refractivity contribution in [3.05, 3.63) is 77.6 Å². The van der Waals surface area contributed by atoms with Crippen molar-refractivity contribution in [2.24, 2.45) is 4.99 Å². The molecule has 1 amide bonds. The lowest BCUT2D eigenvalue weighted by Gasteiger charge is -2.04. The second-order valence-corrected chi connectivity index (χ2v) is 9.21. The second kappa shape index (κ2) is 9.35. The van der Waals surface area contributed by atoms with Crippen LogP contribution < -0.4 is 10.0 Å². The zero-order chi connectivity index (χ0) is 22.6. The van der Waals surface area contributed by atoms with Gasteiger partial charge in [-0.05, 0) is 49.6 Å². The number of amidine groups is 1. The van der Waals surface area contributed by atoms with E-state index >= 15 is 0 Å². The SMILES string of the molecule is Cc1nn(-c2ccccc2)cc1CCCNC(=O)CCN=C1NS(=O)(=O)c2ccccc21. The van der Waals surface area contributed by atoms with Crippen LogP contribution >= 0.6 is 0 Å². The molecule has 166 valence electrons. The van der Waals surface area contributed by atoms with Crippen molar-refractivity contribution in [1.29, 1.82) is 0 Å². The standard InChI is InChI=1S/C23H25N5O3S/c1-17-18(16-28(26-17)19-9-3-2-4-10-19)8-7-14-24-22(29)13-15-25-23-20-11-5-6-12-21(20)32(30,31)27-23/h2-6,9-12,16H,7-8,13-15H2,1H3,(H,24,29)(H,25,27). The van der Waals surface area contributed by atoms with E-state index in [9.17, 15) is 13.2 Å². The van der Waals surface area contributed by atoms with Crippen molar-refractivity contribution < 1.29 is 13.2 Å². The summed E-state index contributed by atoms with van der Waals surface area (Å²) in [6, 6.07) is 16.6. The van der Waals surface area contributed by atoms with Crippen LogP contribution in [0.4, 0.5) is 0 Å². The van der Waals surface area contributed by atoms with E-state index in [1.165, 1.54) is 6.07 Å². The Bertz CT molecular complexity index is 1250. The maximum absolute atomic E-state index is 12.1.